The SMILES string of the molecule is O=C(NC(c1ccccc1)c1cccc(OCCCCCCCCC2OCCO2)c1)OC1CN2CCC1CC2. The molecular weight excluding hydrogens is 492 g/mol. The second-order valence-electron chi connectivity index (χ2n) is 11.1. The van der Waals surface area contributed by atoms with Gasteiger partial charge in [0.1, 0.15) is 11.9 Å². The topological polar surface area (TPSA) is 69.3 Å². The van der Waals surface area contributed by atoms with E-state index in [1.807, 2.05) is 54.6 Å². The molecule has 7 heteroatoms. The summed E-state index contributed by atoms with van der Waals surface area (Å²) in [4.78, 5) is 15.4. The predicted molar refractivity (Wildman–Crippen MR) is 151 cm³/mol. The van der Waals surface area contributed by atoms with Crippen LogP contribution < -0.4 is 10.1 Å². The van der Waals surface area contributed by atoms with Gasteiger partial charge >= 0.3 is 6.09 Å². The van der Waals surface area contributed by atoms with Gasteiger partial charge in [-0.15, -0.1) is 0 Å². The number of piperidine rings is 3. The average Bonchev–Trinajstić information content (AvgIpc) is 3.50. The lowest BCUT2D eigenvalue weighted by Gasteiger charge is -2.43. The Morgan fingerprint density at radius 3 is 2.36 bits per heavy atom. The Kier molecular flexibility index (Phi) is 10.5. The van der Waals surface area contributed by atoms with E-state index in [1.165, 1.54) is 19.3 Å². The van der Waals surface area contributed by atoms with Crippen LogP contribution in [-0.4, -0.2) is 62.8 Å². The molecule has 6 rings (SSSR count). The number of hydrogen-bond acceptors (Lipinski definition) is 6. The third-order valence-electron chi connectivity index (χ3n) is 8.23. The van der Waals surface area contributed by atoms with Gasteiger partial charge in [-0.3, -0.25) is 4.90 Å². The largest absolute Gasteiger partial charge is 0.494 e. The number of amides is 1. The molecule has 2 aromatic rings. The summed E-state index contributed by atoms with van der Waals surface area (Å²) in [5, 5.41) is 3.15. The molecule has 4 heterocycles. The first kappa shape index (κ1) is 27.9. The first-order valence-electron chi connectivity index (χ1n) is 14.9. The van der Waals surface area contributed by atoms with Gasteiger partial charge in [0.15, 0.2) is 6.29 Å². The van der Waals surface area contributed by atoms with Crippen molar-refractivity contribution >= 4 is 6.09 Å². The highest BCUT2D eigenvalue weighted by molar-refractivity contribution is 5.69. The molecule has 39 heavy (non-hydrogen) atoms. The van der Waals surface area contributed by atoms with Crippen LogP contribution in [0.4, 0.5) is 4.79 Å². The lowest BCUT2D eigenvalue weighted by atomic mass is 9.86. The molecule has 2 atom stereocenters. The van der Waals surface area contributed by atoms with Gasteiger partial charge in [0.25, 0.3) is 0 Å². The number of nitrogens with one attached hydrogen (secondary N) is 1. The van der Waals surface area contributed by atoms with Crippen molar-refractivity contribution in [3.63, 3.8) is 0 Å². The number of unbranched alkanes of at least 4 members (excludes halogenated alkanes) is 5. The minimum atomic E-state index is -0.350. The van der Waals surface area contributed by atoms with Crippen LogP contribution in [0.1, 0.15) is 75.0 Å². The van der Waals surface area contributed by atoms with Crippen LogP contribution in [0.25, 0.3) is 0 Å². The molecule has 4 saturated heterocycles. The van der Waals surface area contributed by atoms with Crippen LogP contribution >= 0.6 is 0 Å². The van der Waals surface area contributed by atoms with Gasteiger partial charge in [-0.25, -0.2) is 4.79 Å². The van der Waals surface area contributed by atoms with E-state index in [1.54, 1.807) is 0 Å². The van der Waals surface area contributed by atoms with Gasteiger partial charge in [-0.2, -0.15) is 0 Å². The van der Waals surface area contributed by atoms with Crippen molar-refractivity contribution < 1.29 is 23.7 Å². The van der Waals surface area contributed by atoms with Crippen LogP contribution in [0.5, 0.6) is 5.75 Å². The monoisotopic (exact) mass is 536 g/mol. The zero-order chi connectivity index (χ0) is 26.7. The normalized spacial score (nSPS) is 23.4. The number of nitrogens with zero attached hydrogens (tertiary/aromatic N) is 1. The summed E-state index contributed by atoms with van der Waals surface area (Å²) >= 11 is 0. The molecule has 2 unspecified atom stereocenters. The number of fused-ring (bicyclic) bond motifs is 3. The van der Waals surface area contributed by atoms with Crippen molar-refractivity contribution in [2.45, 2.75) is 76.2 Å². The third kappa shape index (κ3) is 8.44. The van der Waals surface area contributed by atoms with Crippen molar-refractivity contribution in [2.24, 2.45) is 5.92 Å². The lowest BCUT2D eigenvalue weighted by Crippen LogP contribution is -2.52. The summed E-state index contributed by atoms with van der Waals surface area (Å²) in [5.41, 5.74) is 2.01. The smallest absolute Gasteiger partial charge is 0.408 e. The number of ether oxygens (including phenoxy) is 4. The van der Waals surface area contributed by atoms with Crippen molar-refractivity contribution in [3.8, 4) is 5.75 Å². The van der Waals surface area contributed by atoms with Crippen molar-refractivity contribution in [1.29, 1.82) is 0 Å². The Bertz CT molecular complexity index is 1000. The molecule has 0 saturated carbocycles. The second-order valence-corrected chi connectivity index (χ2v) is 11.1. The fraction of sp³-hybridized carbons (Fsp3) is 0.594. The molecule has 4 aliphatic heterocycles. The summed E-state index contributed by atoms with van der Waals surface area (Å²) in [7, 11) is 0. The highest BCUT2D eigenvalue weighted by Crippen LogP contribution is 2.30. The summed E-state index contributed by atoms with van der Waals surface area (Å²) in [6.07, 6.45) is 9.94. The number of hydrogen-bond donors (Lipinski definition) is 1. The van der Waals surface area contributed by atoms with Crippen LogP contribution in [0.15, 0.2) is 54.6 Å². The molecule has 0 spiro atoms. The van der Waals surface area contributed by atoms with Gasteiger partial charge in [-0.1, -0.05) is 68.1 Å². The van der Waals surface area contributed by atoms with Crippen LogP contribution in [0, 0.1) is 5.92 Å². The van der Waals surface area contributed by atoms with E-state index in [0.29, 0.717) is 12.5 Å². The number of rotatable bonds is 14. The van der Waals surface area contributed by atoms with Gasteiger partial charge in [0, 0.05) is 6.54 Å². The number of carbonyl (C=O) groups is 1. The fourth-order valence-electron chi connectivity index (χ4n) is 6.01. The van der Waals surface area contributed by atoms with Crippen molar-refractivity contribution in [1.82, 2.24) is 10.2 Å². The Morgan fingerprint density at radius 2 is 1.62 bits per heavy atom. The molecule has 2 bridgehead atoms. The first-order valence-corrected chi connectivity index (χ1v) is 14.9. The fourth-order valence-corrected chi connectivity index (χ4v) is 6.01. The number of benzene rings is 2. The zero-order valence-corrected chi connectivity index (χ0v) is 23.1. The minimum absolute atomic E-state index is 0.0195. The molecule has 2 aromatic carbocycles. The quantitative estimate of drug-likeness (QED) is 0.295. The highest BCUT2D eigenvalue weighted by atomic mass is 16.7. The molecule has 0 aliphatic carbocycles. The lowest BCUT2D eigenvalue weighted by molar-refractivity contribution is -0.0480. The minimum Gasteiger partial charge on any atom is -0.494 e. The summed E-state index contributed by atoms with van der Waals surface area (Å²) in [6.45, 7) is 5.27. The Hall–Kier alpha value is -2.61. The maximum Gasteiger partial charge on any atom is 0.408 e. The van der Waals surface area contributed by atoms with Gasteiger partial charge < -0.3 is 24.3 Å². The van der Waals surface area contributed by atoms with Gasteiger partial charge in [0.2, 0.25) is 0 Å². The predicted octanol–water partition coefficient (Wildman–Crippen LogP) is 6.08. The van der Waals surface area contributed by atoms with Gasteiger partial charge in [-0.05, 0) is 74.4 Å². The first-order chi connectivity index (χ1) is 19.2. The van der Waals surface area contributed by atoms with Gasteiger partial charge in [0.05, 0.1) is 25.9 Å². The molecule has 1 amide bonds. The van der Waals surface area contributed by atoms with Crippen LogP contribution in [0.2, 0.25) is 0 Å². The number of alkyl carbamates (subject to hydrolysis) is 1. The molecule has 212 valence electrons. The molecule has 4 fully saturated rings. The maximum atomic E-state index is 13.0. The molecular formula is C32H44N2O5. The number of carbonyl (C=O) groups excluding carboxylic acids is 1. The maximum absolute atomic E-state index is 13.0. The van der Waals surface area contributed by atoms with E-state index >= 15 is 0 Å². The highest BCUT2D eigenvalue weighted by Gasteiger charge is 2.36. The molecule has 0 aromatic heterocycles. The molecule has 0 radical (unpaired) electrons. The van der Waals surface area contributed by atoms with E-state index in [9.17, 15) is 4.79 Å². The van der Waals surface area contributed by atoms with E-state index in [2.05, 4.69) is 10.2 Å². The van der Waals surface area contributed by atoms with Crippen LogP contribution in [0.3, 0.4) is 0 Å². The molecule has 1 N–H and O–H groups in total. The summed E-state index contributed by atoms with van der Waals surface area (Å²) < 4.78 is 23.0. The summed E-state index contributed by atoms with van der Waals surface area (Å²) in [5.74, 6) is 1.31. The van der Waals surface area contributed by atoms with Crippen molar-refractivity contribution in [2.75, 3.05) is 39.5 Å². The third-order valence-corrected chi connectivity index (χ3v) is 8.23. The Balaban J connectivity index is 1.08. The van der Waals surface area contributed by atoms with E-state index in [4.69, 9.17) is 18.9 Å². The zero-order valence-electron chi connectivity index (χ0n) is 23.1. The standard InChI is InChI=1S/C32H44N2O5/c35-32(39-29-24-34-18-16-25(29)17-19-34)33-31(26-11-6-5-7-12-26)27-13-10-14-28(23-27)36-20-9-4-2-1-3-8-15-30-37-21-22-38-30/h5-7,10-14,23,25,29-31H,1-4,8-9,15-22,24H2,(H,33,35). The molecule has 7 nitrogen and oxygen atoms in total. The second kappa shape index (κ2) is 14.7. The van der Waals surface area contributed by atoms with Crippen molar-refractivity contribution in [3.05, 3.63) is 65.7 Å². The summed E-state index contributed by atoms with van der Waals surface area (Å²) in [6, 6.07) is 17.8. The van der Waals surface area contributed by atoms with E-state index in [-0.39, 0.29) is 24.5 Å². The Morgan fingerprint density at radius 1 is 0.897 bits per heavy atom. The Labute approximate surface area is 233 Å². The van der Waals surface area contributed by atoms with Crippen LogP contribution in [-0.2, 0) is 14.2 Å². The van der Waals surface area contributed by atoms with E-state index < -0.39 is 0 Å². The van der Waals surface area contributed by atoms with E-state index in [0.717, 1.165) is 88.2 Å². The average molecular weight is 537 g/mol. The molecule has 4 aliphatic rings.